The SMILES string of the molecule is Nc1ccccc1NC(=O)CN1C(=O)Cc2ccccc21. The minimum atomic E-state index is -0.266. The highest BCUT2D eigenvalue weighted by atomic mass is 16.2. The minimum absolute atomic E-state index is 0.00974. The van der Waals surface area contributed by atoms with Gasteiger partial charge in [0.05, 0.1) is 17.8 Å². The molecule has 21 heavy (non-hydrogen) atoms. The summed E-state index contributed by atoms with van der Waals surface area (Å²) >= 11 is 0. The van der Waals surface area contributed by atoms with Gasteiger partial charge in [-0.1, -0.05) is 30.3 Å². The summed E-state index contributed by atoms with van der Waals surface area (Å²) in [4.78, 5) is 25.6. The number of nitrogen functional groups attached to an aromatic ring is 1. The second-order valence-electron chi connectivity index (χ2n) is 4.92. The van der Waals surface area contributed by atoms with Crippen molar-refractivity contribution >= 4 is 28.9 Å². The van der Waals surface area contributed by atoms with E-state index in [1.807, 2.05) is 24.3 Å². The van der Waals surface area contributed by atoms with Gasteiger partial charge in [0, 0.05) is 5.69 Å². The number of nitrogens with zero attached hydrogens (tertiary/aromatic N) is 1. The lowest BCUT2D eigenvalue weighted by Crippen LogP contribution is -2.35. The second-order valence-corrected chi connectivity index (χ2v) is 4.92. The second kappa shape index (κ2) is 5.28. The lowest BCUT2D eigenvalue weighted by Gasteiger charge is -2.17. The number of para-hydroxylation sites is 3. The number of nitrogens with two attached hydrogens (primary N) is 1. The number of hydrogen-bond acceptors (Lipinski definition) is 3. The molecular formula is C16H15N3O2. The van der Waals surface area contributed by atoms with Gasteiger partial charge in [-0.15, -0.1) is 0 Å². The van der Waals surface area contributed by atoms with E-state index in [4.69, 9.17) is 5.73 Å². The van der Waals surface area contributed by atoms with Gasteiger partial charge in [0.2, 0.25) is 11.8 Å². The fraction of sp³-hybridized carbons (Fsp3) is 0.125. The van der Waals surface area contributed by atoms with Crippen molar-refractivity contribution in [1.82, 2.24) is 0 Å². The molecule has 5 heteroatoms. The Labute approximate surface area is 122 Å². The number of fused-ring (bicyclic) bond motifs is 1. The number of rotatable bonds is 3. The van der Waals surface area contributed by atoms with E-state index in [0.717, 1.165) is 11.3 Å². The van der Waals surface area contributed by atoms with E-state index in [9.17, 15) is 9.59 Å². The molecule has 1 aliphatic heterocycles. The molecular weight excluding hydrogens is 266 g/mol. The summed E-state index contributed by atoms with van der Waals surface area (Å²) < 4.78 is 0. The molecule has 0 aliphatic carbocycles. The van der Waals surface area contributed by atoms with E-state index in [1.54, 1.807) is 24.3 Å². The van der Waals surface area contributed by atoms with Crippen LogP contribution in [0.1, 0.15) is 5.56 Å². The van der Waals surface area contributed by atoms with Crippen LogP contribution in [0.4, 0.5) is 17.1 Å². The fourth-order valence-corrected chi connectivity index (χ4v) is 2.43. The van der Waals surface area contributed by atoms with Gasteiger partial charge in [-0.05, 0) is 23.8 Å². The van der Waals surface area contributed by atoms with Crippen molar-refractivity contribution in [2.24, 2.45) is 0 Å². The van der Waals surface area contributed by atoms with Crippen molar-refractivity contribution in [3.05, 3.63) is 54.1 Å². The Bertz CT molecular complexity index is 712. The molecule has 2 amide bonds. The fourth-order valence-electron chi connectivity index (χ4n) is 2.43. The summed E-state index contributed by atoms with van der Waals surface area (Å²) in [7, 11) is 0. The third-order valence-corrected chi connectivity index (χ3v) is 3.46. The number of benzene rings is 2. The van der Waals surface area contributed by atoms with E-state index in [0.29, 0.717) is 17.8 Å². The summed E-state index contributed by atoms with van der Waals surface area (Å²) in [6.07, 6.45) is 0.344. The molecule has 2 aromatic rings. The van der Waals surface area contributed by atoms with Crippen molar-refractivity contribution in [1.29, 1.82) is 0 Å². The molecule has 3 rings (SSSR count). The summed E-state index contributed by atoms with van der Waals surface area (Å²) in [5.41, 5.74) is 8.60. The van der Waals surface area contributed by atoms with Gasteiger partial charge in [0.1, 0.15) is 6.54 Å². The van der Waals surface area contributed by atoms with Crippen molar-refractivity contribution in [2.45, 2.75) is 6.42 Å². The van der Waals surface area contributed by atoms with Crippen molar-refractivity contribution in [2.75, 3.05) is 22.5 Å². The Morgan fingerprint density at radius 2 is 1.86 bits per heavy atom. The number of nitrogens with one attached hydrogen (secondary N) is 1. The summed E-state index contributed by atoms with van der Waals surface area (Å²) in [6, 6.07) is 14.5. The molecule has 0 atom stereocenters. The predicted octanol–water partition coefficient (Wildman–Crippen LogP) is 1.80. The lowest BCUT2D eigenvalue weighted by molar-refractivity contribution is -0.120. The van der Waals surface area contributed by atoms with Gasteiger partial charge in [-0.3, -0.25) is 9.59 Å². The molecule has 5 nitrogen and oxygen atoms in total. The molecule has 0 saturated heterocycles. The van der Waals surface area contributed by atoms with Crippen LogP contribution in [0.15, 0.2) is 48.5 Å². The zero-order chi connectivity index (χ0) is 14.8. The average molecular weight is 281 g/mol. The Hall–Kier alpha value is -2.82. The highest BCUT2D eigenvalue weighted by molar-refractivity contribution is 6.07. The van der Waals surface area contributed by atoms with Crippen LogP contribution in [0.25, 0.3) is 0 Å². The molecule has 0 unspecified atom stereocenters. The van der Waals surface area contributed by atoms with Crippen LogP contribution in [-0.4, -0.2) is 18.4 Å². The summed E-state index contributed by atoms with van der Waals surface area (Å²) in [5.74, 6) is -0.328. The van der Waals surface area contributed by atoms with Crippen molar-refractivity contribution < 1.29 is 9.59 Å². The zero-order valence-electron chi connectivity index (χ0n) is 11.4. The van der Waals surface area contributed by atoms with Gasteiger partial charge in [0.15, 0.2) is 0 Å². The Kier molecular flexibility index (Phi) is 3.31. The van der Waals surface area contributed by atoms with Crippen LogP contribution in [0.3, 0.4) is 0 Å². The first-order valence-electron chi connectivity index (χ1n) is 6.68. The number of carbonyl (C=O) groups excluding carboxylic acids is 2. The van der Waals surface area contributed by atoms with Gasteiger partial charge in [-0.2, -0.15) is 0 Å². The Morgan fingerprint density at radius 3 is 2.67 bits per heavy atom. The summed E-state index contributed by atoms with van der Waals surface area (Å²) in [5, 5.41) is 2.73. The maximum absolute atomic E-state index is 12.1. The predicted molar refractivity (Wildman–Crippen MR) is 82.0 cm³/mol. The first-order chi connectivity index (χ1) is 10.1. The monoisotopic (exact) mass is 281 g/mol. The molecule has 3 N–H and O–H groups in total. The molecule has 2 aromatic carbocycles. The van der Waals surface area contributed by atoms with Crippen molar-refractivity contribution in [3.63, 3.8) is 0 Å². The van der Waals surface area contributed by atoms with E-state index >= 15 is 0 Å². The maximum atomic E-state index is 12.1. The quantitative estimate of drug-likeness (QED) is 0.842. The van der Waals surface area contributed by atoms with Gasteiger partial charge >= 0.3 is 0 Å². The third-order valence-electron chi connectivity index (χ3n) is 3.46. The molecule has 0 spiro atoms. The van der Waals surface area contributed by atoms with Gasteiger partial charge in [0.25, 0.3) is 0 Å². The molecule has 106 valence electrons. The van der Waals surface area contributed by atoms with E-state index in [-0.39, 0.29) is 18.4 Å². The third kappa shape index (κ3) is 2.58. The maximum Gasteiger partial charge on any atom is 0.244 e. The Morgan fingerprint density at radius 1 is 1.14 bits per heavy atom. The van der Waals surface area contributed by atoms with E-state index in [1.165, 1.54) is 4.90 Å². The standard InChI is InChI=1S/C16H15N3O2/c17-12-6-2-3-7-13(12)18-15(20)10-19-14-8-4-1-5-11(14)9-16(19)21/h1-8H,9-10,17H2,(H,18,20). The van der Waals surface area contributed by atoms with Crippen LogP contribution in [-0.2, 0) is 16.0 Å². The van der Waals surface area contributed by atoms with E-state index < -0.39 is 0 Å². The molecule has 0 saturated carbocycles. The number of hydrogen-bond donors (Lipinski definition) is 2. The van der Waals surface area contributed by atoms with Crippen LogP contribution < -0.4 is 16.0 Å². The summed E-state index contributed by atoms with van der Waals surface area (Å²) in [6.45, 7) is -0.00974. The van der Waals surface area contributed by atoms with Gasteiger partial charge in [-0.25, -0.2) is 0 Å². The topological polar surface area (TPSA) is 75.4 Å². The molecule has 0 radical (unpaired) electrons. The largest absolute Gasteiger partial charge is 0.397 e. The van der Waals surface area contributed by atoms with Crippen molar-refractivity contribution in [3.8, 4) is 0 Å². The minimum Gasteiger partial charge on any atom is -0.397 e. The number of amides is 2. The van der Waals surface area contributed by atoms with Gasteiger partial charge < -0.3 is 16.0 Å². The van der Waals surface area contributed by atoms with Crippen LogP contribution >= 0.6 is 0 Å². The molecule has 1 aliphatic rings. The number of anilines is 3. The molecule has 0 aromatic heterocycles. The van der Waals surface area contributed by atoms with E-state index in [2.05, 4.69) is 5.32 Å². The van der Waals surface area contributed by atoms with Crippen LogP contribution in [0.5, 0.6) is 0 Å². The lowest BCUT2D eigenvalue weighted by atomic mass is 10.2. The Balaban J connectivity index is 1.74. The molecule has 0 fully saturated rings. The first kappa shape index (κ1) is 13.2. The average Bonchev–Trinajstić information content (AvgIpc) is 2.78. The smallest absolute Gasteiger partial charge is 0.244 e. The van der Waals surface area contributed by atoms with Crippen LogP contribution in [0, 0.1) is 0 Å². The molecule has 0 bridgehead atoms. The zero-order valence-corrected chi connectivity index (χ0v) is 11.4. The highest BCUT2D eigenvalue weighted by Crippen LogP contribution is 2.28. The van der Waals surface area contributed by atoms with Crippen LogP contribution in [0.2, 0.25) is 0 Å². The number of carbonyl (C=O) groups is 2. The normalized spacial score (nSPS) is 13.1. The molecule has 1 heterocycles. The highest BCUT2D eigenvalue weighted by Gasteiger charge is 2.28. The first-order valence-corrected chi connectivity index (χ1v) is 6.68.